The third-order valence-corrected chi connectivity index (χ3v) is 3.14. The molecule has 0 atom stereocenters. The van der Waals surface area contributed by atoms with Crippen molar-refractivity contribution < 1.29 is 4.92 Å². The molecule has 0 saturated heterocycles. The Balaban J connectivity index is 2.24. The van der Waals surface area contributed by atoms with E-state index in [2.05, 4.69) is 10.2 Å². The number of hydrogen-bond donors (Lipinski definition) is 1. The second-order valence-electron chi connectivity index (χ2n) is 4.09. The number of aromatic amines is 1. The fraction of sp³-hybridized carbons (Fsp3) is 0. The zero-order valence-corrected chi connectivity index (χ0v) is 10.4. The molecular formula is C13H8ClN3O2. The van der Waals surface area contributed by atoms with Gasteiger partial charge in [-0.3, -0.25) is 15.2 Å². The van der Waals surface area contributed by atoms with Crippen LogP contribution in [0.4, 0.5) is 5.69 Å². The van der Waals surface area contributed by atoms with E-state index in [1.54, 1.807) is 18.3 Å². The molecule has 0 radical (unpaired) electrons. The molecule has 0 unspecified atom stereocenters. The Morgan fingerprint density at radius 2 is 2.05 bits per heavy atom. The van der Waals surface area contributed by atoms with E-state index in [1.165, 1.54) is 12.1 Å². The van der Waals surface area contributed by atoms with Crippen molar-refractivity contribution in [2.24, 2.45) is 0 Å². The molecule has 0 aliphatic rings. The van der Waals surface area contributed by atoms with Crippen molar-refractivity contribution in [1.82, 2.24) is 10.2 Å². The summed E-state index contributed by atoms with van der Waals surface area (Å²) in [5.41, 5.74) is 2.16. The van der Waals surface area contributed by atoms with Crippen LogP contribution in [0.5, 0.6) is 0 Å². The molecule has 0 amide bonds. The number of nitro groups is 1. The minimum absolute atomic E-state index is 0.0345. The molecule has 0 saturated carbocycles. The van der Waals surface area contributed by atoms with Gasteiger partial charge in [0.1, 0.15) is 0 Å². The first-order valence-electron chi connectivity index (χ1n) is 5.52. The molecule has 3 aromatic rings. The van der Waals surface area contributed by atoms with Crippen LogP contribution < -0.4 is 0 Å². The van der Waals surface area contributed by atoms with Gasteiger partial charge in [0.25, 0.3) is 5.69 Å². The molecule has 1 aromatic heterocycles. The van der Waals surface area contributed by atoms with Gasteiger partial charge in [0.2, 0.25) is 0 Å². The van der Waals surface area contributed by atoms with E-state index in [4.69, 9.17) is 11.6 Å². The summed E-state index contributed by atoms with van der Waals surface area (Å²) in [5, 5.41) is 19.2. The summed E-state index contributed by atoms with van der Waals surface area (Å²) in [4.78, 5) is 10.7. The molecule has 0 aliphatic heterocycles. The van der Waals surface area contributed by atoms with Gasteiger partial charge in [-0.1, -0.05) is 17.7 Å². The summed E-state index contributed by atoms with van der Waals surface area (Å²) in [5.74, 6) is 0. The molecule has 2 aromatic carbocycles. The smallest absolute Gasteiger partial charge is 0.277 e. The van der Waals surface area contributed by atoms with Crippen LogP contribution in [-0.4, -0.2) is 15.1 Å². The van der Waals surface area contributed by atoms with Crippen LogP contribution in [0.3, 0.4) is 0 Å². The molecule has 0 aliphatic carbocycles. The van der Waals surface area contributed by atoms with Crippen LogP contribution in [0.25, 0.3) is 22.0 Å². The minimum atomic E-state index is -0.411. The first kappa shape index (κ1) is 11.7. The Labute approximate surface area is 113 Å². The van der Waals surface area contributed by atoms with Crippen LogP contribution >= 0.6 is 11.6 Å². The zero-order chi connectivity index (χ0) is 13.4. The van der Waals surface area contributed by atoms with Gasteiger partial charge in [-0.25, -0.2) is 0 Å². The number of H-pyrrole nitrogens is 1. The van der Waals surface area contributed by atoms with Crippen molar-refractivity contribution in [2.45, 2.75) is 0 Å². The molecule has 5 nitrogen and oxygen atoms in total. The number of benzene rings is 2. The Morgan fingerprint density at radius 1 is 1.21 bits per heavy atom. The number of nitro benzene ring substituents is 1. The largest absolute Gasteiger partial charge is 0.278 e. The fourth-order valence-electron chi connectivity index (χ4n) is 2.01. The molecule has 94 valence electrons. The molecule has 1 heterocycles. The zero-order valence-electron chi connectivity index (χ0n) is 9.63. The van der Waals surface area contributed by atoms with Crippen molar-refractivity contribution in [2.75, 3.05) is 0 Å². The van der Waals surface area contributed by atoms with Gasteiger partial charge in [0, 0.05) is 16.5 Å². The van der Waals surface area contributed by atoms with Gasteiger partial charge in [-0.05, 0) is 29.8 Å². The van der Waals surface area contributed by atoms with Crippen LogP contribution in [0, 0.1) is 10.1 Å². The maximum atomic E-state index is 11.1. The number of hydrogen-bond acceptors (Lipinski definition) is 3. The van der Waals surface area contributed by atoms with Crippen LogP contribution in [0.15, 0.2) is 42.6 Å². The molecule has 0 bridgehead atoms. The van der Waals surface area contributed by atoms with E-state index in [1.807, 2.05) is 12.1 Å². The highest BCUT2D eigenvalue weighted by molar-refractivity contribution is 6.31. The van der Waals surface area contributed by atoms with Gasteiger partial charge in [-0.2, -0.15) is 5.10 Å². The normalized spacial score (nSPS) is 10.8. The lowest BCUT2D eigenvalue weighted by Gasteiger charge is -2.04. The third kappa shape index (κ3) is 2.04. The Kier molecular flexibility index (Phi) is 2.68. The van der Waals surface area contributed by atoms with E-state index in [0.29, 0.717) is 10.6 Å². The van der Waals surface area contributed by atoms with E-state index < -0.39 is 4.92 Å². The molecular weight excluding hydrogens is 266 g/mol. The number of nitrogens with one attached hydrogen (secondary N) is 1. The van der Waals surface area contributed by atoms with Crippen molar-refractivity contribution in [1.29, 1.82) is 0 Å². The Bertz CT molecular complexity index is 782. The molecule has 0 spiro atoms. The van der Waals surface area contributed by atoms with Gasteiger partial charge < -0.3 is 0 Å². The number of fused-ring (bicyclic) bond motifs is 1. The molecule has 1 N–H and O–H groups in total. The van der Waals surface area contributed by atoms with Crippen molar-refractivity contribution >= 4 is 28.2 Å². The van der Waals surface area contributed by atoms with Gasteiger partial charge in [0.05, 0.1) is 22.2 Å². The second kappa shape index (κ2) is 4.37. The summed E-state index contributed by atoms with van der Waals surface area (Å²) < 4.78 is 0. The summed E-state index contributed by atoms with van der Waals surface area (Å²) in [6.07, 6.45) is 1.68. The van der Waals surface area contributed by atoms with Crippen LogP contribution in [-0.2, 0) is 0 Å². The lowest BCUT2D eigenvalue weighted by Crippen LogP contribution is -1.91. The lowest BCUT2D eigenvalue weighted by molar-refractivity contribution is -0.384. The summed E-state index contributed by atoms with van der Waals surface area (Å²) >= 11 is 5.93. The highest BCUT2D eigenvalue weighted by Gasteiger charge is 2.16. The van der Waals surface area contributed by atoms with Crippen molar-refractivity contribution in [3.63, 3.8) is 0 Å². The topological polar surface area (TPSA) is 71.8 Å². The van der Waals surface area contributed by atoms with Gasteiger partial charge in [0.15, 0.2) is 0 Å². The molecule has 6 heteroatoms. The monoisotopic (exact) mass is 273 g/mol. The number of rotatable bonds is 2. The van der Waals surface area contributed by atoms with E-state index in [0.717, 1.165) is 16.5 Å². The van der Waals surface area contributed by atoms with E-state index >= 15 is 0 Å². The maximum absolute atomic E-state index is 11.1. The quantitative estimate of drug-likeness (QED) is 0.570. The number of aromatic nitrogens is 2. The number of halogens is 1. The summed E-state index contributed by atoms with van der Waals surface area (Å²) in [6.45, 7) is 0. The standard InChI is InChI=1S/C13H8ClN3O2/c14-10-2-4-13(17(18)19)11(6-10)8-1-3-12-9(5-8)7-15-16-12/h1-7H,(H,15,16). The average molecular weight is 274 g/mol. The number of nitrogens with zero attached hydrogens (tertiary/aromatic N) is 2. The molecule has 3 rings (SSSR count). The Morgan fingerprint density at radius 3 is 2.84 bits per heavy atom. The highest BCUT2D eigenvalue weighted by atomic mass is 35.5. The highest BCUT2D eigenvalue weighted by Crippen LogP contribution is 2.33. The SMILES string of the molecule is O=[N+]([O-])c1ccc(Cl)cc1-c1ccc2[nH]ncc2c1. The van der Waals surface area contributed by atoms with E-state index in [9.17, 15) is 10.1 Å². The first-order chi connectivity index (χ1) is 9.15. The van der Waals surface area contributed by atoms with Gasteiger partial charge in [-0.15, -0.1) is 0 Å². The van der Waals surface area contributed by atoms with Crippen molar-refractivity contribution in [3.05, 3.63) is 57.7 Å². The first-order valence-corrected chi connectivity index (χ1v) is 5.90. The van der Waals surface area contributed by atoms with E-state index in [-0.39, 0.29) is 5.69 Å². The Hall–Kier alpha value is -2.40. The van der Waals surface area contributed by atoms with Crippen molar-refractivity contribution in [3.8, 4) is 11.1 Å². The lowest BCUT2D eigenvalue weighted by atomic mass is 10.0. The predicted octanol–water partition coefficient (Wildman–Crippen LogP) is 3.79. The maximum Gasteiger partial charge on any atom is 0.277 e. The predicted molar refractivity (Wildman–Crippen MR) is 73.2 cm³/mol. The third-order valence-electron chi connectivity index (χ3n) is 2.91. The van der Waals surface area contributed by atoms with Crippen LogP contribution in [0.1, 0.15) is 0 Å². The molecule has 19 heavy (non-hydrogen) atoms. The average Bonchev–Trinajstić information content (AvgIpc) is 2.85. The minimum Gasteiger partial charge on any atom is -0.278 e. The fourth-order valence-corrected chi connectivity index (χ4v) is 2.18. The van der Waals surface area contributed by atoms with Gasteiger partial charge >= 0.3 is 0 Å². The van der Waals surface area contributed by atoms with Crippen LogP contribution in [0.2, 0.25) is 5.02 Å². The second-order valence-corrected chi connectivity index (χ2v) is 4.53. The molecule has 0 fully saturated rings. The summed E-state index contributed by atoms with van der Waals surface area (Å²) in [6, 6.07) is 10.0. The summed E-state index contributed by atoms with van der Waals surface area (Å²) in [7, 11) is 0.